The Kier molecular flexibility index (Phi) is 6.13. The molecule has 0 saturated carbocycles. The number of carbonyl (C=O) groups is 3. The molecule has 2 aromatic rings. The predicted molar refractivity (Wildman–Crippen MR) is 112 cm³/mol. The summed E-state index contributed by atoms with van der Waals surface area (Å²) in [6, 6.07) is 10.7. The maximum atomic E-state index is 13.2. The summed E-state index contributed by atoms with van der Waals surface area (Å²) in [7, 11) is 1.58. The summed E-state index contributed by atoms with van der Waals surface area (Å²) in [5.74, 6) is -0.868. The SMILES string of the molecule is CCN(C(=O)c1ccc2c(c1)C(=O)N(CCCOC)C2=O)c1ccc(C)cc1C. The summed E-state index contributed by atoms with van der Waals surface area (Å²) >= 11 is 0. The Labute approximate surface area is 171 Å². The molecule has 0 aromatic heterocycles. The van der Waals surface area contributed by atoms with Gasteiger partial charge in [0.25, 0.3) is 17.7 Å². The van der Waals surface area contributed by atoms with E-state index < -0.39 is 0 Å². The van der Waals surface area contributed by atoms with Crippen molar-refractivity contribution in [2.24, 2.45) is 0 Å². The third-order valence-corrected chi connectivity index (χ3v) is 5.15. The number of fused-ring (bicyclic) bond motifs is 1. The second kappa shape index (κ2) is 8.57. The summed E-state index contributed by atoms with van der Waals surface area (Å²) in [6.45, 7) is 7.16. The minimum atomic E-state index is -0.356. The zero-order valence-corrected chi connectivity index (χ0v) is 17.3. The van der Waals surface area contributed by atoms with Crippen LogP contribution in [-0.2, 0) is 4.74 Å². The van der Waals surface area contributed by atoms with E-state index >= 15 is 0 Å². The minimum absolute atomic E-state index is 0.194. The normalized spacial score (nSPS) is 13.0. The zero-order valence-electron chi connectivity index (χ0n) is 17.3. The summed E-state index contributed by atoms with van der Waals surface area (Å²) in [5.41, 5.74) is 4.01. The lowest BCUT2D eigenvalue weighted by Crippen LogP contribution is -2.31. The van der Waals surface area contributed by atoms with Crippen molar-refractivity contribution >= 4 is 23.4 Å². The Bertz CT molecular complexity index is 967. The fourth-order valence-electron chi connectivity index (χ4n) is 3.68. The monoisotopic (exact) mass is 394 g/mol. The molecule has 1 aliphatic heterocycles. The largest absolute Gasteiger partial charge is 0.385 e. The molecule has 0 bridgehead atoms. The van der Waals surface area contributed by atoms with Crippen LogP contribution in [0.1, 0.15) is 55.5 Å². The van der Waals surface area contributed by atoms with Gasteiger partial charge in [0.15, 0.2) is 0 Å². The van der Waals surface area contributed by atoms with Gasteiger partial charge in [-0.05, 0) is 57.0 Å². The van der Waals surface area contributed by atoms with Crippen molar-refractivity contribution < 1.29 is 19.1 Å². The Balaban J connectivity index is 1.89. The number of methoxy groups -OCH3 is 1. The van der Waals surface area contributed by atoms with Gasteiger partial charge >= 0.3 is 0 Å². The lowest BCUT2D eigenvalue weighted by atomic mass is 10.0. The van der Waals surface area contributed by atoms with Gasteiger partial charge in [-0.2, -0.15) is 0 Å². The quantitative estimate of drug-likeness (QED) is 0.532. The molecule has 0 saturated heterocycles. The highest BCUT2D eigenvalue weighted by Gasteiger charge is 2.36. The van der Waals surface area contributed by atoms with E-state index in [1.807, 2.05) is 39.0 Å². The van der Waals surface area contributed by atoms with Gasteiger partial charge in [-0.1, -0.05) is 17.7 Å². The molecular weight excluding hydrogens is 368 g/mol. The zero-order chi connectivity index (χ0) is 21.1. The molecule has 6 heteroatoms. The third-order valence-electron chi connectivity index (χ3n) is 5.15. The van der Waals surface area contributed by atoms with Gasteiger partial charge < -0.3 is 9.64 Å². The van der Waals surface area contributed by atoms with Crippen LogP contribution in [0, 0.1) is 13.8 Å². The highest BCUT2D eigenvalue weighted by Crippen LogP contribution is 2.27. The van der Waals surface area contributed by atoms with E-state index in [-0.39, 0.29) is 23.3 Å². The summed E-state index contributed by atoms with van der Waals surface area (Å²) in [6.07, 6.45) is 0.573. The van der Waals surface area contributed by atoms with Crippen LogP contribution in [-0.4, -0.2) is 49.4 Å². The molecule has 29 heavy (non-hydrogen) atoms. The van der Waals surface area contributed by atoms with Crippen LogP contribution in [0.25, 0.3) is 0 Å². The van der Waals surface area contributed by atoms with Crippen LogP contribution in [0.15, 0.2) is 36.4 Å². The van der Waals surface area contributed by atoms with Crippen LogP contribution in [0.5, 0.6) is 0 Å². The summed E-state index contributed by atoms with van der Waals surface area (Å²) in [5, 5.41) is 0. The molecule has 6 nitrogen and oxygen atoms in total. The Morgan fingerprint density at radius 2 is 1.76 bits per heavy atom. The van der Waals surface area contributed by atoms with Crippen molar-refractivity contribution in [2.45, 2.75) is 27.2 Å². The molecule has 2 aromatic carbocycles. The van der Waals surface area contributed by atoms with Crippen molar-refractivity contribution in [1.29, 1.82) is 0 Å². The fourth-order valence-corrected chi connectivity index (χ4v) is 3.68. The summed E-state index contributed by atoms with van der Waals surface area (Å²) in [4.78, 5) is 41.4. The van der Waals surface area contributed by atoms with Gasteiger partial charge in [0.1, 0.15) is 0 Å². The van der Waals surface area contributed by atoms with Gasteiger partial charge in [-0.15, -0.1) is 0 Å². The number of rotatable bonds is 7. The van der Waals surface area contributed by atoms with E-state index in [0.29, 0.717) is 37.2 Å². The molecule has 0 aliphatic carbocycles. The lowest BCUT2D eigenvalue weighted by Gasteiger charge is -2.23. The van der Waals surface area contributed by atoms with Crippen molar-refractivity contribution in [3.63, 3.8) is 0 Å². The molecule has 1 aliphatic rings. The van der Waals surface area contributed by atoms with E-state index in [2.05, 4.69) is 0 Å². The van der Waals surface area contributed by atoms with Crippen LogP contribution in [0.4, 0.5) is 5.69 Å². The topological polar surface area (TPSA) is 66.9 Å². The second-order valence-corrected chi connectivity index (χ2v) is 7.21. The van der Waals surface area contributed by atoms with Crippen molar-refractivity contribution in [3.05, 3.63) is 64.2 Å². The van der Waals surface area contributed by atoms with Gasteiger partial charge in [0.2, 0.25) is 0 Å². The number of hydrogen-bond donors (Lipinski definition) is 0. The lowest BCUT2D eigenvalue weighted by molar-refractivity contribution is 0.0638. The molecule has 0 fully saturated rings. The van der Waals surface area contributed by atoms with Crippen LogP contribution in [0.2, 0.25) is 0 Å². The van der Waals surface area contributed by atoms with Gasteiger partial charge in [-0.3, -0.25) is 19.3 Å². The van der Waals surface area contributed by atoms with Crippen molar-refractivity contribution in [3.8, 4) is 0 Å². The number of carbonyl (C=O) groups excluding carboxylic acids is 3. The van der Waals surface area contributed by atoms with Gasteiger partial charge in [-0.25, -0.2) is 0 Å². The van der Waals surface area contributed by atoms with Crippen LogP contribution >= 0.6 is 0 Å². The standard InChI is InChI=1S/C23H26N2O4/c1-5-24(20-10-7-15(2)13-16(20)3)21(26)17-8-9-18-19(14-17)23(28)25(22(18)27)11-6-12-29-4/h7-10,13-14H,5-6,11-12H2,1-4H3. The number of imide groups is 1. The molecule has 152 valence electrons. The molecule has 0 radical (unpaired) electrons. The maximum absolute atomic E-state index is 13.2. The minimum Gasteiger partial charge on any atom is -0.385 e. The average Bonchev–Trinajstić information content (AvgIpc) is 2.94. The first-order valence-corrected chi connectivity index (χ1v) is 9.77. The van der Waals surface area contributed by atoms with E-state index in [0.717, 1.165) is 16.8 Å². The van der Waals surface area contributed by atoms with Gasteiger partial charge in [0, 0.05) is 38.1 Å². The number of aryl methyl sites for hydroxylation is 2. The first-order chi connectivity index (χ1) is 13.9. The molecule has 0 spiro atoms. The molecule has 0 atom stereocenters. The second-order valence-electron chi connectivity index (χ2n) is 7.21. The van der Waals surface area contributed by atoms with E-state index in [1.54, 1.807) is 30.2 Å². The third kappa shape index (κ3) is 3.93. The van der Waals surface area contributed by atoms with Crippen LogP contribution < -0.4 is 4.90 Å². The fraction of sp³-hybridized carbons (Fsp3) is 0.348. The number of anilines is 1. The number of ether oxygens (including phenoxy) is 1. The smallest absolute Gasteiger partial charge is 0.261 e. The highest BCUT2D eigenvalue weighted by molar-refractivity contribution is 6.22. The Morgan fingerprint density at radius 3 is 2.41 bits per heavy atom. The molecule has 1 heterocycles. The number of benzene rings is 2. The summed E-state index contributed by atoms with van der Waals surface area (Å²) < 4.78 is 5.00. The van der Waals surface area contributed by atoms with E-state index in [9.17, 15) is 14.4 Å². The van der Waals surface area contributed by atoms with Crippen molar-refractivity contribution in [1.82, 2.24) is 4.90 Å². The Hall–Kier alpha value is -2.99. The van der Waals surface area contributed by atoms with E-state index in [4.69, 9.17) is 4.74 Å². The number of amides is 3. The average molecular weight is 394 g/mol. The van der Waals surface area contributed by atoms with Gasteiger partial charge in [0.05, 0.1) is 11.1 Å². The van der Waals surface area contributed by atoms with Crippen molar-refractivity contribution in [2.75, 3.05) is 31.7 Å². The molecule has 3 amide bonds. The first kappa shape index (κ1) is 20.7. The molecule has 0 N–H and O–H groups in total. The van der Waals surface area contributed by atoms with Crippen LogP contribution in [0.3, 0.4) is 0 Å². The highest BCUT2D eigenvalue weighted by atomic mass is 16.5. The number of nitrogens with zero attached hydrogens (tertiary/aromatic N) is 2. The van der Waals surface area contributed by atoms with E-state index in [1.165, 1.54) is 4.90 Å². The maximum Gasteiger partial charge on any atom is 0.261 e. The Morgan fingerprint density at radius 1 is 1.03 bits per heavy atom. The molecular formula is C23H26N2O4. The molecule has 0 unspecified atom stereocenters. The predicted octanol–water partition coefficient (Wildman–Crippen LogP) is 3.60. The number of hydrogen-bond acceptors (Lipinski definition) is 4. The molecule has 3 rings (SSSR count). The first-order valence-electron chi connectivity index (χ1n) is 9.77.